The van der Waals surface area contributed by atoms with Crippen LogP contribution in [0.25, 0.3) is 0 Å². The molecule has 0 aromatic heterocycles. The Bertz CT molecular complexity index is 954. The molecule has 1 amide bonds. The van der Waals surface area contributed by atoms with E-state index in [4.69, 9.17) is 16.3 Å². The summed E-state index contributed by atoms with van der Waals surface area (Å²) in [4.78, 5) is 12.8. The first-order valence-corrected chi connectivity index (χ1v) is 11.0. The minimum absolute atomic E-state index is 0.0783. The normalized spacial score (nSPS) is 15.6. The van der Waals surface area contributed by atoms with Gasteiger partial charge in [-0.15, -0.1) is 0 Å². The van der Waals surface area contributed by atoms with E-state index in [0.29, 0.717) is 24.5 Å². The molecule has 0 aliphatic carbocycles. The summed E-state index contributed by atoms with van der Waals surface area (Å²) in [7, 11) is -2.13. The number of nitrogens with one attached hydrogen (secondary N) is 1. The molecule has 0 bridgehead atoms. The van der Waals surface area contributed by atoms with Crippen LogP contribution in [0.5, 0.6) is 5.75 Å². The molecule has 2 aromatic carbocycles. The van der Waals surface area contributed by atoms with Crippen LogP contribution in [-0.2, 0) is 10.0 Å². The topological polar surface area (TPSA) is 75.7 Å². The number of anilines is 1. The van der Waals surface area contributed by atoms with E-state index in [1.165, 1.54) is 29.6 Å². The van der Waals surface area contributed by atoms with Gasteiger partial charge < -0.3 is 10.1 Å². The SMILES string of the molecule is COc1cccc(NC(=O)c2cc(S(=O)(=O)N3CCCCCC3)ccc2Cl)c1. The van der Waals surface area contributed by atoms with E-state index < -0.39 is 15.9 Å². The van der Waals surface area contributed by atoms with E-state index in [1.807, 2.05) is 0 Å². The summed E-state index contributed by atoms with van der Waals surface area (Å²) >= 11 is 6.18. The van der Waals surface area contributed by atoms with Crippen molar-refractivity contribution < 1.29 is 17.9 Å². The maximum Gasteiger partial charge on any atom is 0.257 e. The molecule has 1 heterocycles. The van der Waals surface area contributed by atoms with Crippen molar-refractivity contribution in [1.29, 1.82) is 0 Å². The number of amides is 1. The van der Waals surface area contributed by atoms with E-state index in [2.05, 4.69) is 5.32 Å². The van der Waals surface area contributed by atoms with E-state index in [0.717, 1.165) is 25.7 Å². The zero-order valence-electron chi connectivity index (χ0n) is 15.7. The van der Waals surface area contributed by atoms with Gasteiger partial charge in [0.2, 0.25) is 10.0 Å². The molecule has 1 aliphatic heterocycles. The van der Waals surface area contributed by atoms with Gasteiger partial charge in [0, 0.05) is 24.8 Å². The van der Waals surface area contributed by atoms with Crippen LogP contribution in [-0.4, -0.2) is 38.8 Å². The van der Waals surface area contributed by atoms with E-state index in [9.17, 15) is 13.2 Å². The second-order valence-electron chi connectivity index (χ2n) is 6.65. The number of carbonyl (C=O) groups is 1. The fourth-order valence-corrected chi connectivity index (χ4v) is 4.92. The average molecular weight is 423 g/mol. The van der Waals surface area contributed by atoms with Gasteiger partial charge in [-0.05, 0) is 43.2 Å². The van der Waals surface area contributed by atoms with Crippen molar-refractivity contribution in [1.82, 2.24) is 4.31 Å². The summed E-state index contributed by atoms with van der Waals surface area (Å²) in [5.74, 6) is 0.118. The molecule has 8 heteroatoms. The number of rotatable bonds is 5. The van der Waals surface area contributed by atoms with Crippen LogP contribution in [0.3, 0.4) is 0 Å². The van der Waals surface area contributed by atoms with E-state index >= 15 is 0 Å². The molecule has 6 nitrogen and oxygen atoms in total. The fraction of sp³-hybridized carbons (Fsp3) is 0.350. The van der Waals surface area contributed by atoms with Gasteiger partial charge in [-0.1, -0.05) is 30.5 Å². The molecule has 3 rings (SSSR count). The summed E-state index contributed by atoms with van der Waals surface area (Å²) in [6, 6.07) is 11.1. The quantitative estimate of drug-likeness (QED) is 0.784. The molecule has 1 fully saturated rings. The van der Waals surface area contributed by atoms with Gasteiger partial charge in [-0.25, -0.2) is 8.42 Å². The minimum atomic E-state index is -3.67. The number of halogens is 1. The highest BCUT2D eigenvalue weighted by atomic mass is 35.5. The Morgan fingerprint density at radius 1 is 1.07 bits per heavy atom. The van der Waals surface area contributed by atoms with Crippen LogP contribution >= 0.6 is 11.6 Å². The first-order chi connectivity index (χ1) is 13.4. The molecule has 1 N–H and O–H groups in total. The zero-order valence-corrected chi connectivity index (χ0v) is 17.2. The third kappa shape index (κ3) is 4.66. The van der Waals surface area contributed by atoms with Crippen molar-refractivity contribution >= 4 is 33.2 Å². The zero-order chi connectivity index (χ0) is 20.1. The molecule has 0 unspecified atom stereocenters. The van der Waals surface area contributed by atoms with Crippen LogP contribution in [0.4, 0.5) is 5.69 Å². The lowest BCUT2D eigenvalue weighted by Gasteiger charge is -2.20. The molecule has 0 radical (unpaired) electrons. The third-order valence-electron chi connectivity index (χ3n) is 4.71. The minimum Gasteiger partial charge on any atom is -0.497 e. The smallest absolute Gasteiger partial charge is 0.257 e. The number of carbonyl (C=O) groups excluding carboxylic acids is 1. The van der Waals surface area contributed by atoms with Crippen molar-refractivity contribution in [3.05, 3.63) is 53.1 Å². The summed E-state index contributed by atoms with van der Waals surface area (Å²) < 4.78 is 32.6. The Hall–Kier alpha value is -2.09. The number of benzene rings is 2. The molecular weight excluding hydrogens is 400 g/mol. The average Bonchev–Trinajstić information content (AvgIpc) is 2.98. The Balaban J connectivity index is 1.87. The van der Waals surface area contributed by atoms with Gasteiger partial charge in [0.15, 0.2) is 0 Å². The summed E-state index contributed by atoms with van der Waals surface area (Å²) in [5.41, 5.74) is 0.640. The molecule has 1 saturated heterocycles. The van der Waals surface area contributed by atoms with Gasteiger partial charge >= 0.3 is 0 Å². The number of methoxy groups -OCH3 is 1. The van der Waals surface area contributed by atoms with Crippen LogP contribution in [0, 0.1) is 0 Å². The molecule has 1 aliphatic rings. The summed E-state index contributed by atoms with van der Waals surface area (Å²) in [5, 5.41) is 2.92. The van der Waals surface area contributed by atoms with Gasteiger partial charge in [0.1, 0.15) is 5.75 Å². The monoisotopic (exact) mass is 422 g/mol. The maximum atomic E-state index is 13.0. The van der Waals surface area contributed by atoms with Gasteiger partial charge in [-0.3, -0.25) is 4.79 Å². The van der Waals surface area contributed by atoms with Crippen LogP contribution in [0.1, 0.15) is 36.0 Å². The summed E-state index contributed by atoms with van der Waals surface area (Å²) in [6.07, 6.45) is 3.74. The Kier molecular flexibility index (Phi) is 6.59. The van der Waals surface area contributed by atoms with Crippen LogP contribution in [0.2, 0.25) is 5.02 Å². The van der Waals surface area contributed by atoms with Crippen molar-refractivity contribution in [3.8, 4) is 5.75 Å². The van der Waals surface area contributed by atoms with Gasteiger partial charge in [0.05, 0.1) is 22.6 Å². The second kappa shape index (κ2) is 8.94. The lowest BCUT2D eigenvalue weighted by Crippen LogP contribution is -2.32. The van der Waals surface area contributed by atoms with E-state index in [1.54, 1.807) is 24.3 Å². The van der Waals surface area contributed by atoms with Crippen molar-refractivity contribution in [2.45, 2.75) is 30.6 Å². The number of ether oxygens (including phenoxy) is 1. The standard InChI is InChI=1S/C20H23ClN2O4S/c1-27-16-8-6-7-15(13-16)22-20(24)18-14-17(9-10-19(18)21)28(25,26)23-11-4-2-3-5-12-23/h6-10,13-14H,2-5,11-12H2,1H3,(H,22,24). The Morgan fingerprint density at radius 3 is 2.46 bits per heavy atom. The predicted octanol–water partition coefficient (Wildman–Crippen LogP) is 4.17. The van der Waals surface area contributed by atoms with Crippen molar-refractivity contribution in [2.24, 2.45) is 0 Å². The molecule has 150 valence electrons. The molecular formula is C20H23ClN2O4S. The van der Waals surface area contributed by atoms with Gasteiger partial charge in [0.25, 0.3) is 5.91 Å². The van der Waals surface area contributed by atoms with Crippen LogP contribution < -0.4 is 10.1 Å². The molecule has 0 atom stereocenters. The first kappa shape index (κ1) is 20.6. The number of hydrogen-bond donors (Lipinski definition) is 1. The Morgan fingerprint density at radius 2 is 1.79 bits per heavy atom. The second-order valence-corrected chi connectivity index (χ2v) is 8.99. The first-order valence-electron chi connectivity index (χ1n) is 9.17. The number of nitrogens with zero attached hydrogens (tertiary/aromatic N) is 1. The highest BCUT2D eigenvalue weighted by molar-refractivity contribution is 7.89. The maximum absolute atomic E-state index is 13.0. The largest absolute Gasteiger partial charge is 0.497 e. The van der Waals surface area contributed by atoms with E-state index in [-0.39, 0.29) is 15.5 Å². The summed E-state index contributed by atoms with van der Waals surface area (Å²) in [6.45, 7) is 0.993. The third-order valence-corrected chi connectivity index (χ3v) is 6.94. The molecule has 2 aromatic rings. The van der Waals surface area contributed by atoms with Crippen LogP contribution in [0.15, 0.2) is 47.4 Å². The lowest BCUT2D eigenvalue weighted by atomic mass is 10.2. The van der Waals surface area contributed by atoms with Gasteiger partial charge in [-0.2, -0.15) is 4.31 Å². The van der Waals surface area contributed by atoms with Crippen molar-refractivity contribution in [3.63, 3.8) is 0 Å². The molecule has 28 heavy (non-hydrogen) atoms. The van der Waals surface area contributed by atoms with Crippen molar-refractivity contribution in [2.75, 3.05) is 25.5 Å². The molecule has 0 saturated carbocycles. The highest BCUT2D eigenvalue weighted by Crippen LogP contribution is 2.26. The highest BCUT2D eigenvalue weighted by Gasteiger charge is 2.26. The lowest BCUT2D eigenvalue weighted by molar-refractivity contribution is 0.102. The Labute approximate surface area is 170 Å². The fourth-order valence-electron chi connectivity index (χ4n) is 3.17. The number of hydrogen-bond acceptors (Lipinski definition) is 4. The molecule has 0 spiro atoms. The number of sulfonamides is 1. The predicted molar refractivity (Wildman–Crippen MR) is 110 cm³/mol.